The molecule has 0 amide bonds. The van der Waals surface area contributed by atoms with Crippen molar-refractivity contribution < 1.29 is 19.2 Å². The van der Waals surface area contributed by atoms with Crippen LogP contribution in [0.1, 0.15) is 0 Å². The molecule has 0 saturated heterocycles. The predicted molar refractivity (Wildman–Crippen MR) is 22.2 cm³/mol. The predicted octanol–water partition coefficient (Wildman–Crippen LogP) is -1.16. The minimum atomic E-state index is 0.0833. The first kappa shape index (κ1) is 7.14. The zero-order valence-electron chi connectivity index (χ0n) is 4.07. The highest BCUT2D eigenvalue weighted by Crippen LogP contribution is 1.66. The number of rotatable bonds is 2. The van der Waals surface area contributed by atoms with Crippen LogP contribution in [-0.4, -0.2) is 23.0 Å². The summed E-state index contributed by atoms with van der Waals surface area (Å²) in [5.41, 5.74) is 0. The second-order valence-electron chi connectivity index (χ2n) is 0.763. The standard InChI is InChI=1S/C3N3O3/c7-1-4-6(3-9)5-2-8/q+1. The van der Waals surface area contributed by atoms with Crippen molar-refractivity contribution in [3.05, 3.63) is 0 Å². The Morgan fingerprint density at radius 1 is 1.00 bits per heavy atom. The van der Waals surface area contributed by atoms with Crippen LogP contribution < -0.4 is 0 Å². The molecule has 0 aliphatic rings. The average Bonchev–Trinajstić information content (AvgIpc) is 1.88. The number of hydrogen-bond acceptors (Lipinski definition) is 5. The minimum Gasteiger partial charge on any atom is -0.205 e. The lowest BCUT2D eigenvalue weighted by atomic mass is 11.5. The molecule has 0 aromatic carbocycles. The molecular formula is C3N3O3+. The maximum absolute atomic E-state index is 9.54. The Morgan fingerprint density at radius 3 is 1.67 bits per heavy atom. The zero-order valence-corrected chi connectivity index (χ0v) is 4.07. The molecule has 0 saturated carbocycles. The minimum absolute atomic E-state index is 0.0833. The van der Waals surface area contributed by atoms with Crippen LogP contribution in [0.4, 0.5) is 0 Å². The van der Waals surface area contributed by atoms with Gasteiger partial charge in [-0.15, -0.1) is 0 Å². The summed E-state index contributed by atoms with van der Waals surface area (Å²) >= 11 is 0. The third-order valence-corrected chi connectivity index (χ3v) is 0.353. The number of hydrogen-bond donors (Lipinski definition) is 0. The van der Waals surface area contributed by atoms with Gasteiger partial charge in [0.2, 0.25) is 0 Å². The largest absolute Gasteiger partial charge is 0.495 e. The molecule has 0 rings (SSSR count). The zero-order chi connectivity index (χ0) is 7.11. The molecule has 0 N–H and O–H groups in total. The molecule has 0 heterocycles. The molecular weight excluding hydrogens is 126 g/mol. The van der Waals surface area contributed by atoms with E-state index in [4.69, 9.17) is 0 Å². The van der Waals surface area contributed by atoms with Gasteiger partial charge < -0.3 is 0 Å². The third-order valence-electron chi connectivity index (χ3n) is 0.353. The monoisotopic (exact) mass is 126 g/mol. The lowest BCUT2D eigenvalue weighted by Crippen LogP contribution is -1.89. The van der Waals surface area contributed by atoms with Gasteiger partial charge in [-0.2, -0.15) is 4.79 Å². The maximum atomic E-state index is 9.54. The van der Waals surface area contributed by atoms with E-state index in [0.717, 1.165) is 18.2 Å². The summed E-state index contributed by atoms with van der Waals surface area (Å²) < 4.78 is 0. The Bertz CT molecular complexity index is 219. The molecule has 6 heteroatoms. The maximum Gasteiger partial charge on any atom is 0.495 e. The van der Waals surface area contributed by atoms with Crippen molar-refractivity contribution >= 4 is 18.2 Å². The number of nitrogens with zero attached hydrogens (tertiary/aromatic N) is 3. The molecule has 0 unspecified atom stereocenters. The van der Waals surface area contributed by atoms with Gasteiger partial charge in [-0.05, 0) is 0 Å². The molecule has 0 aliphatic carbocycles. The van der Waals surface area contributed by atoms with Crippen LogP contribution in [0.25, 0.3) is 0 Å². The Morgan fingerprint density at radius 2 is 1.44 bits per heavy atom. The summed E-state index contributed by atoms with van der Waals surface area (Å²) in [6.07, 6.45) is 2.97. The Hall–Kier alpha value is -1.86. The van der Waals surface area contributed by atoms with Crippen molar-refractivity contribution in [2.45, 2.75) is 0 Å². The molecule has 0 aliphatic heterocycles. The van der Waals surface area contributed by atoms with E-state index in [-0.39, 0.29) is 4.79 Å². The number of isocyanates is 3. The molecule has 0 spiro atoms. The van der Waals surface area contributed by atoms with E-state index in [0.29, 0.717) is 0 Å². The van der Waals surface area contributed by atoms with Crippen molar-refractivity contribution in [3.63, 3.8) is 0 Å². The topological polar surface area (TPSA) is 78.9 Å². The molecule has 44 valence electrons. The fourth-order valence-corrected chi connectivity index (χ4v) is 0.141. The lowest BCUT2D eigenvalue weighted by Gasteiger charge is -1.57. The van der Waals surface area contributed by atoms with Gasteiger partial charge in [-0.1, -0.05) is 0 Å². The molecule has 0 fully saturated rings. The van der Waals surface area contributed by atoms with Gasteiger partial charge in [0.1, 0.15) is 10.2 Å². The van der Waals surface area contributed by atoms with Crippen LogP contribution in [0, 0.1) is 0 Å². The summed E-state index contributed by atoms with van der Waals surface area (Å²) in [6.45, 7) is 0. The quantitative estimate of drug-likeness (QED) is 0.202. The fourth-order valence-electron chi connectivity index (χ4n) is 0.141. The molecule has 0 bridgehead atoms. The summed E-state index contributed by atoms with van der Waals surface area (Å²) in [4.78, 5) is 28.3. The first-order valence-corrected chi connectivity index (χ1v) is 1.68. The summed E-state index contributed by atoms with van der Waals surface area (Å²) in [6, 6.07) is 0. The number of carbonyl (C=O) groups excluding carboxylic acids is 3. The van der Waals surface area contributed by atoms with Crippen molar-refractivity contribution in [3.8, 4) is 0 Å². The fraction of sp³-hybridized carbons (Fsp3) is 0. The summed E-state index contributed by atoms with van der Waals surface area (Å²) in [5, 5.41) is 5.21. The summed E-state index contributed by atoms with van der Waals surface area (Å²) in [5.74, 6) is 0. The van der Waals surface area contributed by atoms with Crippen LogP contribution in [0.15, 0.2) is 10.2 Å². The van der Waals surface area contributed by atoms with Crippen LogP contribution in [0.2, 0.25) is 0 Å². The third kappa shape index (κ3) is 2.79. The molecule has 0 aromatic heterocycles. The average molecular weight is 126 g/mol. The van der Waals surface area contributed by atoms with Crippen LogP contribution >= 0.6 is 0 Å². The second kappa shape index (κ2) is 4.30. The van der Waals surface area contributed by atoms with Gasteiger partial charge in [-0.25, -0.2) is 9.59 Å². The van der Waals surface area contributed by atoms with E-state index in [1.54, 1.807) is 0 Å². The molecule has 0 aromatic rings. The van der Waals surface area contributed by atoms with Gasteiger partial charge in [0.25, 0.3) is 0 Å². The molecule has 0 atom stereocenters. The normalized spacial score (nSPS) is 5.78. The van der Waals surface area contributed by atoms with Crippen molar-refractivity contribution in [1.29, 1.82) is 0 Å². The van der Waals surface area contributed by atoms with E-state index < -0.39 is 0 Å². The smallest absolute Gasteiger partial charge is 0.205 e. The first-order chi connectivity index (χ1) is 4.35. The van der Waals surface area contributed by atoms with Crippen molar-refractivity contribution in [2.75, 3.05) is 0 Å². The Kier molecular flexibility index (Phi) is 3.41. The molecule has 0 radical (unpaired) electrons. The number of hydrazone groups is 2. The molecule has 6 nitrogen and oxygen atoms in total. The van der Waals surface area contributed by atoms with Gasteiger partial charge >= 0.3 is 18.2 Å². The van der Waals surface area contributed by atoms with Gasteiger partial charge in [0.05, 0.1) is 0 Å². The van der Waals surface area contributed by atoms with E-state index in [1.165, 1.54) is 0 Å². The lowest BCUT2D eigenvalue weighted by molar-refractivity contribution is -0.535. The Labute approximate surface area is 48.8 Å². The van der Waals surface area contributed by atoms with E-state index in [2.05, 4.69) is 10.2 Å². The second-order valence-corrected chi connectivity index (χ2v) is 0.763. The van der Waals surface area contributed by atoms with E-state index in [9.17, 15) is 14.4 Å². The molecule has 9 heavy (non-hydrogen) atoms. The van der Waals surface area contributed by atoms with Gasteiger partial charge in [0.15, 0.2) is 4.79 Å². The van der Waals surface area contributed by atoms with Gasteiger partial charge in [-0.3, -0.25) is 0 Å². The first-order valence-electron chi connectivity index (χ1n) is 1.68. The van der Waals surface area contributed by atoms with Crippen LogP contribution in [-0.2, 0) is 14.4 Å². The van der Waals surface area contributed by atoms with E-state index in [1.807, 2.05) is 0 Å². The highest BCUT2D eigenvalue weighted by molar-refractivity contribution is 5.34. The summed E-state index contributed by atoms with van der Waals surface area (Å²) in [7, 11) is 0. The highest BCUT2D eigenvalue weighted by Gasteiger charge is 1.96. The van der Waals surface area contributed by atoms with Gasteiger partial charge in [0, 0.05) is 0 Å². The van der Waals surface area contributed by atoms with Crippen LogP contribution in [0.3, 0.4) is 0 Å². The van der Waals surface area contributed by atoms with Crippen molar-refractivity contribution in [1.82, 2.24) is 0 Å². The van der Waals surface area contributed by atoms with Crippen molar-refractivity contribution in [2.24, 2.45) is 10.2 Å². The highest BCUT2D eigenvalue weighted by atomic mass is 16.1. The SMILES string of the molecule is O=C=N[N+](=C=O)N=C=O. The van der Waals surface area contributed by atoms with E-state index >= 15 is 0 Å². The van der Waals surface area contributed by atoms with Crippen LogP contribution in [0.5, 0.6) is 0 Å². The Balaban J connectivity index is 4.57.